The van der Waals surface area contributed by atoms with E-state index in [9.17, 15) is 13.6 Å². The molecule has 1 atom stereocenters. The van der Waals surface area contributed by atoms with E-state index < -0.39 is 12.3 Å². The summed E-state index contributed by atoms with van der Waals surface area (Å²) in [6.45, 7) is 0.466. The molecule has 1 aliphatic heterocycles. The van der Waals surface area contributed by atoms with Crippen LogP contribution in [0.25, 0.3) is 16.0 Å². The first kappa shape index (κ1) is 18.5. The van der Waals surface area contributed by atoms with Gasteiger partial charge in [-0.3, -0.25) is 4.79 Å². The van der Waals surface area contributed by atoms with Gasteiger partial charge in [0.15, 0.2) is 5.01 Å². The van der Waals surface area contributed by atoms with Gasteiger partial charge in [0.2, 0.25) is 5.91 Å². The first-order chi connectivity index (χ1) is 13.6. The average Bonchev–Trinajstić information content (AvgIpc) is 3.23. The first-order valence-corrected chi connectivity index (χ1v) is 9.83. The molecule has 28 heavy (non-hydrogen) atoms. The molecular weight excluding hydrogens is 384 g/mol. The van der Waals surface area contributed by atoms with E-state index in [1.54, 1.807) is 33.9 Å². The van der Waals surface area contributed by atoms with Gasteiger partial charge in [-0.15, -0.1) is 11.3 Å². The fourth-order valence-electron chi connectivity index (χ4n) is 2.92. The molecule has 1 saturated heterocycles. The van der Waals surface area contributed by atoms with E-state index in [0.717, 1.165) is 11.3 Å². The predicted octanol–water partition coefficient (Wildman–Crippen LogP) is 4.44. The Morgan fingerprint density at radius 2 is 2.11 bits per heavy atom. The highest BCUT2D eigenvalue weighted by molar-refractivity contribution is 7.15. The second-order valence-corrected chi connectivity index (χ2v) is 7.72. The van der Waals surface area contributed by atoms with Gasteiger partial charge in [0.1, 0.15) is 5.92 Å². The Kier molecular flexibility index (Phi) is 5.05. The van der Waals surface area contributed by atoms with Gasteiger partial charge in [0.05, 0.1) is 22.2 Å². The van der Waals surface area contributed by atoms with Crippen LogP contribution in [0.3, 0.4) is 0 Å². The normalized spacial score (nSPS) is 18.3. The Bertz CT molecular complexity index is 1050. The molecule has 0 radical (unpaired) electrons. The third-order valence-corrected chi connectivity index (χ3v) is 5.54. The zero-order valence-electron chi connectivity index (χ0n) is 14.9. The summed E-state index contributed by atoms with van der Waals surface area (Å²) in [4.78, 5) is 18.2. The van der Waals surface area contributed by atoms with Crippen molar-refractivity contribution in [2.24, 2.45) is 5.92 Å². The van der Waals surface area contributed by atoms with Gasteiger partial charge in [-0.2, -0.15) is 10.4 Å². The van der Waals surface area contributed by atoms with Gasteiger partial charge in [-0.05, 0) is 18.6 Å². The highest BCUT2D eigenvalue weighted by Crippen LogP contribution is 2.35. The lowest BCUT2D eigenvalue weighted by atomic mass is 10.1. The Labute approximate surface area is 164 Å². The van der Waals surface area contributed by atoms with Crippen LogP contribution in [0.4, 0.5) is 14.5 Å². The molecule has 0 bridgehead atoms. The van der Waals surface area contributed by atoms with Gasteiger partial charge in [-0.1, -0.05) is 19.3 Å². The standard InChI is InChI=1S/C16H11F2N5OS.C3H6/c17-14(18)15-20-7-13(25-15)10-5-12-11(1-3-21-23(12)8-10)22-4-2-9(6-19)16(22)24;1-2-3-1/h1,3,5,7-9,14H,2,4H2;1-3H2. The summed E-state index contributed by atoms with van der Waals surface area (Å²) in [6, 6.07) is 5.52. The van der Waals surface area contributed by atoms with Gasteiger partial charge in [-0.25, -0.2) is 18.3 Å². The van der Waals surface area contributed by atoms with Crippen LogP contribution in [-0.2, 0) is 4.79 Å². The molecule has 1 unspecified atom stereocenters. The van der Waals surface area contributed by atoms with Crippen LogP contribution < -0.4 is 4.90 Å². The van der Waals surface area contributed by atoms with Gasteiger partial charge in [0.25, 0.3) is 6.43 Å². The Hall–Kier alpha value is -2.86. The third-order valence-electron chi connectivity index (χ3n) is 4.49. The number of aromatic nitrogens is 3. The van der Waals surface area contributed by atoms with Crippen LogP contribution in [0, 0.1) is 17.2 Å². The molecule has 2 aliphatic rings. The monoisotopic (exact) mass is 401 g/mol. The molecule has 5 rings (SSSR count). The van der Waals surface area contributed by atoms with Crippen LogP contribution in [0.15, 0.2) is 30.7 Å². The largest absolute Gasteiger partial charge is 0.309 e. The quantitative estimate of drug-likeness (QED) is 0.650. The van der Waals surface area contributed by atoms with Crippen LogP contribution in [-0.4, -0.2) is 27.0 Å². The van der Waals surface area contributed by atoms with Gasteiger partial charge >= 0.3 is 0 Å². The van der Waals surface area contributed by atoms with Crippen molar-refractivity contribution in [2.45, 2.75) is 32.1 Å². The molecule has 0 N–H and O–H groups in total. The van der Waals surface area contributed by atoms with E-state index in [1.165, 1.54) is 25.5 Å². The summed E-state index contributed by atoms with van der Waals surface area (Å²) in [5.41, 5.74) is 2.03. The van der Waals surface area contributed by atoms with E-state index >= 15 is 0 Å². The molecule has 3 aromatic rings. The third kappa shape index (κ3) is 3.60. The van der Waals surface area contributed by atoms with E-state index in [2.05, 4.69) is 10.1 Å². The molecule has 1 amide bonds. The molecule has 9 heteroatoms. The highest BCUT2D eigenvalue weighted by Gasteiger charge is 2.33. The number of nitriles is 1. The lowest BCUT2D eigenvalue weighted by molar-refractivity contribution is -0.118. The maximum Gasteiger partial charge on any atom is 0.289 e. The number of hydrogen-bond donors (Lipinski definition) is 0. The second-order valence-electron chi connectivity index (χ2n) is 6.66. The van der Waals surface area contributed by atoms with E-state index in [0.29, 0.717) is 34.6 Å². The fraction of sp³-hybridized carbons (Fsp3) is 0.368. The number of hydrogen-bond acceptors (Lipinski definition) is 5. The molecule has 6 nitrogen and oxygen atoms in total. The molecule has 1 aliphatic carbocycles. The highest BCUT2D eigenvalue weighted by atomic mass is 32.1. The zero-order valence-corrected chi connectivity index (χ0v) is 15.7. The topological polar surface area (TPSA) is 74.3 Å². The molecular formula is C19H17F2N5OS. The first-order valence-electron chi connectivity index (χ1n) is 9.01. The average molecular weight is 401 g/mol. The Morgan fingerprint density at radius 1 is 1.32 bits per heavy atom. The fourth-order valence-corrected chi connectivity index (χ4v) is 3.68. The lowest BCUT2D eigenvalue weighted by Gasteiger charge is -2.16. The maximum absolute atomic E-state index is 12.7. The molecule has 1 saturated carbocycles. The van der Waals surface area contributed by atoms with Crippen LogP contribution in [0.2, 0.25) is 0 Å². The van der Waals surface area contributed by atoms with Crippen LogP contribution in [0.1, 0.15) is 37.1 Å². The number of fused-ring (bicyclic) bond motifs is 1. The number of amides is 1. The maximum atomic E-state index is 12.7. The second kappa shape index (κ2) is 7.64. The molecule has 2 fully saturated rings. The Morgan fingerprint density at radius 3 is 2.71 bits per heavy atom. The number of rotatable bonds is 3. The smallest absolute Gasteiger partial charge is 0.289 e. The van der Waals surface area contributed by atoms with Crippen molar-refractivity contribution in [3.05, 3.63) is 35.7 Å². The molecule has 0 spiro atoms. The minimum atomic E-state index is -2.60. The van der Waals surface area contributed by atoms with Crippen molar-refractivity contribution in [3.8, 4) is 16.5 Å². The molecule has 4 heterocycles. The number of halogens is 2. The minimum absolute atomic E-state index is 0.226. The van der Waals surface area contributed by atoms with E-state index in [4.69, 9.17) is 5.26 Å². The number of alkyl halides is 2. The summed E-state index contributed by atoms with van der Waals surface area (Å²) < 4.78 is 27.1. The number of carbonyl (C=O) groups excluding carboxylic acids is 1. The van der Waals surface area contributed by atoms with E-state index in [1.807, 2.05) is 6.07 Å². The van der Waals surface area contributed by atoms with Crippen LogP contribution in [0.5, 0.6) is 0 Å². The lowest BCUT2D eigenvalue weighted by Crippen LogP contribution is -2.27. The van der Waals surface area contributed by atoms with Crippen molar-refractivity contribution >= 4 is 28.4 Å². The Balaban J connectivity index is 0.000000586. The van der Waals surface area contributed by atoms with Crippen LogP contribution >= 0.6 is 11.3 Å². The molecule has 144 valence electrons. The minimum Gasteiger partial charge on any atom is -0.309 e. The number of anilines is 1. The van der Waals surface area contributed by atoms with Crippen molar-refractivity contribution in [1.29, 1.82) is 5.26 Å². The molecule has 0 aromatic carbocycles. The predicted molar refractivity (Wildman–Crippen MR) is 101 cm³/mol. The zero-order chi connectivity index (χ0) is 19.7. The summed E-state index contributed by atoms with van der Waals surface area (Å²) in [5, 5.41) is 13.0. The number of carbonyl (C=O) groups is 1. The molecule has 3 aromatic heterocycles. The van der Waals surface area contributed by atoms with Crippen molar-refractivity contribution in [1.82, 2.24) is 14.6 Å². The SMILES string of the molecule is C1CC1.N#CC1CCN(c2ccnn3cc(-c4cnc(C(F)F)s4)cc23)C1=O. The van der Waals surface area contributed by atoms with E-state index in [-0.39, 0.29) is 10.9 Å². The van der Waals surface area contributed by atoms with Gasteiger partial charge < -0.3 is 4.90 Å². The number of nitrogens with zero attached hydrogens (tertiary/aromatic N) is 5. The summed E-state index contributed by atoms with van der Waals surface area (Å²) >= 11 is 0.926. The number of thiazole rings is 1. The van der Waals surface area contributed by atoms with Crippen molar-refractivity contribution in [3.63, 3.8) is 0 Å². The summed E-state index contributed by atoms with van der Waals surface area (Å²) in [7, 11) is 0. The summed E-state index contributed by atoms with van der Waals surface area (Å²) in [6.07, 6.45) is 7.08. The summed E-state index contributed by atoms with van der Waals surface area (Å²) in [5.74, 6) is -0.853. The van der Waals surface area contributed by atoms with Crippen molar-refractivity contribution < 1.29 is 13.6 Å². The van der Waals surface area contributed by atoms with Crippen molar-refractivity contribution in [2.75, 3.05) is 11.4 Å². The van der Waals surface area contributed by atoms with Gasteiger partial charge in [0, 0.05) is 30.7 Å².